The zero-order chi connectivity index (χ0) is 18.2. The summed E-state index contributed by atoms with van der Waals surface area (Å²) in [6.07, 6.45) is 3.77. The van der Waals surface area contributed by atoms with E-state index in [1.54, 1.807) is 32.3 Å². The highest BCUT2D eigenvalue weighted by Crippen LogP contribution is 2.19. The van der Waals surface area contributed by atoms with Crippen molar-refractivity contribution >= 4 is 11.8 Å². The minimum atomic E-state index is -0.294. The number of likely N-dealkylation sites (N-methyl/N-ethyl adjacent to an activating group) is 1. The average Bonchev–Trinajstić information content (AvgIpc) is 2.61. The summed E-state index contributed by atoms with van der Waals surface area (Å²) >= 11 is 0. The van der Waals surface area contributed by atoms with Crippen LogP contribution in [-0.2, 0) is 4.79 Å². The molecule has 1 atom stereocenters. The summed E-state index contributed by atoms with van der Waals surface area (Å²) in [5.41, 5.74) is 0.459. The Morgan fingerprint density at radius 1 is 1.28 bits per heavy atom. The van der Waals surface area contributed by atoms with Gasteiger partial charge in [-0.1, -0.05) is 18.6 Å². The molecule has 0 spiro atoms. The van der Waals surface area contributed by atoms with Gasteiger partial charge in [0.05, 0.1) is 12.1 Å². The standard InChI is InChI=1S/C19H29N3O3/c1-15-8-6-7-11-22(15)12-13-25-17-10-5-4-9-16(17)19(24)20-14-18(23)21(2)3/h4-5,9-10,15H,6-8,11-14H2,1-3H3,(H,20,24)/t15-/m1/s1. The first-order valence-electron chi connectivity index (χ1n) is 8.93. The number of carbonyl (C=O) groups is 2. The lowest BCUT2D eigenvalue weighted by molar-refractivity contribution is -0.127. The van der Waals surface area contributed by atoms with Gasteiger partial charge in [0.2, 0.25) is 5.91 Å². The van der Waals surface area contributed by atoms with E-state index in [2.05, 4.69) is 17.1 Å². The number of ether oxygens (including phenoxy) is 1. The SMILES string of the molecule is C[C@@H]1CCCCN1CCOc1ccccc1C(=O)NCC(=O)N(C)C. The number of likely N-dealkylation sites (tertiary alicyclic amines) is 1. The first-order chi connectivity index (χ1) is 12.0. The van der Waals surface area contributed by atoms with E-state index in [0.717, 1.165) is 13.1 Å². The second-order valence-electron chi connectivity index (χ2n) is 6.70. The quantitative estimate of drug-likeness (QED) is 0.816. The Bertz CT molecular complexity index is 589. The van der Waals surface area contributed by atoms with Crippen LogP contribution in [0.3, 0.4) is 0 Å². The topological polar surface area (TPSA) is 61.9 Å². The third-order valence-corrected chi connectivity index (χ3v) is 4.61. The van der Waals surface area contributed by atoms with Crippen molar-refractivity contribution in [2.75, 3.05) is 40.3 Å². The second-order valence-corrected chi connectivity index (χ2v) is 6.70. The third-order valence-electron chi connectivity index (χ3n) is 4.61. The maximum atomic E-state index is 12.3. The molecule has 2 rings (SSSR count). The van der Waals surface area contributed by atoms with Crippen molar-refractivity contribution < 1.29 is 14.3 Å². The van der Waals surface area contributed by atoms with Crippen LogP contribution >= 0.6 is 0 Å². The van der Waals surface area contributed by atoms with Gasteiger partial charge in [-0.2, -0.15) is 0 Å². The minimum Gasteiger partial charge on any atom is -0.491 e. The molecule has 25 heavy (non-hydrogen) atoms. The van der Waals surface area contributed by atoms with Crippen LogP contribution in [0.25, 0.3) is 0 Å². The summed E-state index contributed by atoms with van der Waals surface area (Å²) in [5, 5.41) is 2.65. The molecule has 2 amide bonds. The molecular formula is C19H29N3O3. The zero-order valence-electron chi connectivity index (χ0n) is 15.5. The van der Waals surface area contributed by atoms with Crippen LogP contribution in [0.4, 0.5) is 0 Å². The molecule has 1 aliphatic rings. The number of hydrogen-bond donors (Lipinski definition) is 1. The van der Waals surface area contributed by atoms with Crippen LogP contribution in [0.15, 0.2) is 24.3 Å². The molecule has 0 radical (unpaired) electrons. The van der Waals surface area contributed by atoms with E-state index in [9.17, 15) is 9.59 Å². The van der Waals surface area contributed by atoms with Crippen LogP contribution < -0.4 is 10.1 Å². The van der Waals surface area contributed by atoms with Crippen molar-refractivity contribution in [3.63, 3.8) is 0 Å². The highest BCUT2D eigenvalue weighted by molar-refractivity contribution is 5.98. The fraction of sp³-hybridized carbons (Fsp3) is 0.579. The summed E-state index contributed by atoms with van der Waals surface area (Å²) in [7, 11) is 3.32. The lowest BCUT2D eigenvalue weighted by atomic mass is 10.0. The molecule has 1 aromatic carbocycles. The number of carbonyl (C=O) groups excluding carboxylic acids is 2. The molecule has 6 heteroatoms. The van der Waals surface area contributed by atoms with Gasteiger partial charge in [0.1, 0.15) is 12.4 Å². The molecule has 1 saturated heterocycles. The highest BCUT2D eigenvalue weighted by Gasteiger charge is 2.18. The van der Waals surface area contributed by atoms with Crippen molar-refractivity contribution in [1.29, 1.82) is 0 Å². The lowest BCUT2D eigenvalue weighted by Crippen LogP contribution is -2.40. The number of hydrogen-bond acceptors (Lipinski definition) is 4. The molecular weight excluding hydrogens is 318 g/mol. The number of amides is 2. The average molecular weight is 347 g/mol. The number of piperidine rings is 1. The number of para-hydroxylation sites is 1. The Hall–Kier alpha value is -2.08. The Balaban J connectivity index is 1.88. The van der Waals surface area contributed by atoms with E-state index >= 15 is 0 Å². The van der Waals surface area contributed by atoms with Gasteiger partial charge in [-0.15, -0.1) is 0 Å². The van der Waals surface area contributed by atoms with E-state index in [1.165, 1.54) is 24.2 Å². The largest absolute Gasteiger partial charge is 0.491 e. The van der Waals surface area contributed by atoms with Crippen molar-refractivity contribution in [1.82, 2.24) is 15.1 Å². The van der Waals surface area contributed by atoms with Crippen molar-refractivity contribution in [3.05, 3.63) is 29.8 Å². The first-order valence-corrected chi connectivity index (χ1v) is 8.93. The molecule has 1 heterocycles. The molecule has 1 N–H and O–H groups in total. The van der Waals surface area contributed by atoms with Crippen LogP contribution in [0.5, 0.6) is 5.75 Å². The summed E-state index contributed by atoms with van der Waals surface area (Å²) < 4.78 is 5.87. The van der Waals surface area contributed by atoms with E-state index in [4.69, 9.17) is 4.74 Å². The Morgan fingerprint density at radius 2 is 2.04 bits per heavy atom. The van der Waals surface area contributed by atoms with Gasteiger partial charge in [-0.05, 0) is 38.4 Å². The third kappa shape index (κ3) is 5.74. The van der Waals surface area contributed by atoms with Gasteiger partial charge in [0.15, 0.2) is 0 Å². The summed E-state index contributed by atoms with van der Waals surface area (Å²) in [4.78, 5) is 27.8. The van der Waals surface area contributed by atoms with Gasteiger partial charge in [-0.25, -0.2) is 0 Å². The molecule has 1 aliphatic heterocycles. The summed E-state index contributed by atoms with van der Waals surface area (Å²) in [5.74, 6) is 0.116. The lowest BCUT2D eigenvalue weighted by Gasteiger charge is -2.33. The van der Waals surface area contributed by atoms with Gasteiger partial charge < -0.3 is 15.0 Å². The van der Waals surface area contributed by atoms with Crippen LogP contribution in [0.2, 0.25) is 0 Å². The van der Waals surface area contributed by atoms with E-state index in [1.807, 2.05) is 6.07 Å². The summed E-state index contributed by atoms with van der Waals surface area (Å²) in [6.45, 7) is 4.74. The maximum Gasteiger partial charge on any atom is 0.255 e. The Labute approximate surface area is 150 Å². The predicted octanol–water partition coefficient (Wildman–Crippen LogP) is 1.76. The monoisotopic (exact) mass is 347 g/mol. The minimum absolute atomic E-state index is 0.0224. The second kappa shape index (κ2) is 9.42. The van der Waals surface area contributed by atoms with Gasteiger partial charge in [-0.3, -0.25) is 14.5 Å². The number of benzene rings is 1. The van der Waals surface area contributed by atoms with Gasteiger partial charge in [0, 0.05) is 26.7 Å². The number of nitrogens with zero attached hydrogens (tertiary/aromatic N) is 2. The maximum absolute atomic E-state index is 12.3. The molecule has 1 aromatic rings. The smallest absolute Gasteiger partial charge is 0.255 e. The van der Waals surface area contributed by atoms with Crippen LogP contribution in [0, 0.1) is 0 Å². The highest BCUT2D eigenvalue weighted by atomic mass is 16.5. The van der Waals surface area contributed by atoms with Crippen LogP contribution in [-0.4, -0.2) is 68.0 Å². The fourth-order valence-corrected chi connectivity index (χ4v) is 2.95. The number of rotatable bonds is 7. The van der Waals surface area contributed by atoms with Gasteiger partial charge in [0.25, 0.3) is 5.91 Å². The van der Waals surface area contributed by atoms with Gasteiger partial charge >= 0.3 is 0 Å². The fourth-order valence-electron chi connectivity index (χ4n) is 2.95. The molecule has 6 nitrogen and oxygen atoms in total. The molecule has 138 valence electrons. The number of nitrogens with one attached hydrogen (secondary N) is 1. The van der Waals surface area contributed by atoms with Crippen molar-refractivity contribution in [2.45, 2.75) is 32.2 Å². The van der Waals surface area contributed by atoms with Crippen molar-refractivity contribution in [2.24, 2.45) is 0 Å². The summed E-state index contributed by atoms with van der Waals surface area (Å²) in [6, 6.07) is 7.74. The first kappa shape index (κ1) is 19.2. The molecule has 0 bridgehead atoms. The van der Waals surface area contributed by atoms with Crippen LogP contribution in [0.1, 0.15) is 36.5 Å². The molecule has 0 aliphatic carbocycles. The predicted molar refractivity (Wildman–Crippen MR) is 97.9 cm³/mol. The van der Waals surface area contributed by atoms with E-state index in [-0.39, 0.29) is 18.4 Å². The molecule has 0 aromatic heterocycles. The van der Waals surface area contributed by atoms with E-state index < -0.39 is 0 Å². The van der Waals surface area contributed by atoms with Crippen molar-refractivity contribution in [3.8, 4) is 5.75 Å². The Kier molecular flexibility index (Phi) is 7.25. The van der Waals surface area contributed by atoms with E-state index in [0.29, 0.717) is 24.0 Å². The normalized spacial score (nSPS) is 17.8. The Morgan fingerprint density at radius 3 is 2.76 bits per heavy atom. The zero-order valence-corrected chi connectivity index (χ0v) is 15.5. The molecule has 0 saturated carbocycles. The molecule has 0 unspecified atom stereocenters. The molecule has 1 fully saturated rings.